The van der Waals surface area contributed by atoms with Crippen LogP contribution in [0.3, 0.4) is 0 Å². The van der Waals surface area contributed by atoms with E-state index in [9.17, 15) is 4.79 Å². The van der Waals surface area contributed by atoms with Crippen LogP contribution in [-0.4, -0.2) is 26.0 Å². The van der Waals surface area contributed by atoms with Crippen molar-refractivity contribution in [2.45, 2.75) is 32.4 Å². The number of guanidine groups is 1. The Balaban J connectivity index is 1.50. The minimum atomic E-state index is 0.132. The smallest absolute Gasteiger partial charge is 0.227 e. The standard InChI is InChI=1S/C22H28N4O2/c1-23-22(25-15-17-7-4-11-20(13-17)28-2)24-14-16-6-3-10-19(12-16)26-21(27)18-8-5-9-18/h3-4,6-7,10-13,18H,5,8-9,14-15H2,1-2H3,(H,26,27)(H2,23,24,25). The summed E-state index contributed by atoms with van der Waals surface area (Å²) >= 11 is 0. The molecule has 2 aromatic rings. The van der Waals surface area contributed by atoms with Gasteiger partial charge in [-0.3, -0.25) is 9.79 Å². The maximum Gasteiger partial charge on any atom is 0.227 e. The molecule has 0 heterocycles. The fourth-order valence-corrected chi connectivity index (χ4v) is 3.05. The van der Waals surface area contributed by atoms with Crippen LogP contribution in [0.15, 0.2) is 53.5 Å². The van der Waals surface area contributed by atoms with E-state index in [1.807, 2.05) is 48.5 Å². The van der Waals surface area contributed by atoms with E-state index >= 15 is 0 Å². The van der Waals surface area contributed by atoms with Crippen LogP contribution < -0.4 is 20.7 Å². The zero-order valence-electron chi connectivity index (χ0n) is 16.5. The normalized spacial score (nSPS) is 14.1. The monoisotopic (exact) mass is 380 g/mol. The zero-order chi connectivity index (χ0) is 19.8. The summed E-state index contributed by atoms with van der Waals surface area (Å²) in [5.74, 6) is 1.86. The Bertz CT molecular complexity index is 831. The second kappa shape index (κ2) is 9.78. The van der Waals surface area contributed by atoms with Gasteiger partial charge in [-0.05, 0) is 48.2 Å². The van der Waals surface area contributed by atoms with E-state index in [2.05, 4.69) is 20.9 Å². The molecule has 1 aliphatic rings. The van der Waals surface area contributed by atoms with Crippen LogP contribution in [0.1, 0.15) is 30.4 Å². The highest BCUT2D eigenvalue weighted by molar-refractivity contribution is 5.93. The number of nitrogens with one attached hydrogen (secondary N) is 3. The summed E-state index contributed by atoms with van der Waals surface area (Å²) < 4.78 is 5.25. The number of carbonyl (C=O) groups is 1. The summed E-state index contributed by atoms with van der Waals surface area (Å²) in [6.45, 7) is 1.26. The Morgan fingerprint density at radius 3 is 2.36 bits per heavy atom. The molecule has 1 saturated carbocycles. The molecule has 1 fully saturated rings. The van der Waals surface area contributed by atoms with Crippen LogP contribution in [0.4, 0.5) is 5.69 Å². The lowest BCUT2D eigenvalue weighted by molar-refractivity contribution is -0.122. The number of methoxy groups -OCH3 is 1. The molecule has 0 bridgehead atoms. The van der Waals surface area contributed by atoms with E-state index in [1.54, 1.807) is 14.2 Å². The summed E-state index contributed by atoms with van der Waals surface area (Å²) in [6, 6.07) is 15.8. The van der Waals surface area contributed by atoms with Crippen LogP contribution in [0.25, 0.3) is 0 Å². The molecule has 1 amide bonds. The van der Waals surface area contributed by atoms with Gasteiger partial charge < -0.3 is 20.7 Å². The number of rotatable bonds is 7. The van der Waals surface area contributed by atoms with Gasteiger partial charge in [-0.2, -0.15) is 0 Å². The number of amides is 1. The van der Waals surface area contributed by atoms with Gasteiger partial charge in [0.15, 0.2) is 5.96 Å². The zero-order valence-corrected chi connectivity index (χ0v) is 16.5. The quantitative estimate of drug-likeness (QED) is 0.509. The lowest BCUT2D eigenvalue weighted by Crippen LogP contribution is -2.36. The number of hydrogen-bond donors (Lipinski definition) is 3. The maximum absolute atomic E-state index is 12.1. The molecular formula is C22H28N4O2. The second-order valence-corrected chi connectivity index (χ2v) is 6.95. The number of hydrogen-bond acceptors (Lipinski definition) is 3. The Morgan fingerprint density at radius 1 is 1.07 bits per heavy atom. The van der Waals surface area contributed by atoms with E-state index in [0.717, 1.165) is 41.8 Å². The van der Waals surface area contributed by atoms with Gasteiger partial charge >= 0.3 is 0 Å². The molecule has 3 rings (SSSR count). The molecule has 28 heavy (non-hydrogen) atoms. The minimum Gasteiger partial charge on any atom is -0.497 e. The summed E-state index contributed by atoms with van der Waals surface area (Å²) in [4.78, 5) is 16.4. The van der Waals surface area contributed by atoms with Gasteiger partial charge in [0.05, 0.1) is 7.11 Å². The van der Waals surface area contributed by atoms with Gasteiger partial charge in [0, 0.05) is 31.7 Å². The number of nitrogens with zero attached hydrogens (tertiary/aromatic N) is 1. The van der Waals surface area contributed by atoms with Gasteiger partial charge in [0.1, 0.15) is 5.75 Å². The topological polar surface area (TPSA) is 74.8 Å². The van der Waals surface area contributed by atoms with E-state index in [0.29, 0.717) is 19.0 Å². The van der Waals surface area contributed by atoms with Gasteiger partial charge in [0.2, 0.25) is 5.91 Å². The molecule has 148 valence electrons. The maximum atomic E-state index is 12.1. The molecular weight excluding hydrogens is 352 g/mol. The number of aliphatic imine (C=N–C) groups is 1. The van der Waals surface area contributed by atoms with Gasteiger partial charge in [-0.15, -0.1) is 0 Å². The Hall–Kier alpha value is -3.02. The number of anilines is 1. The lowest BCUT2D eigenvalue weighted by atomic mass is 9.85. The van der Waals surface area contributed by atoms with Crippen LogP contribution in [0.2, 0.25) is 0 Å². The summed E-state index contributed by atoms with van der Waals surface area (Å²) in [6.07, 6.45) is 3.16. The van der Waals surface area contributed by atoms with E-state index in [1.165, 1.54) is 0 Å². The Morgan fingerprint density at radius 2 is 1.75 bits per heavy atom. The number of ether oxygens (including phenoxy) is 1. The third-order valence-corrected chi connectivity index (χ3v) is 4.95. The molecule has 0 radical (unpaired) electrons. The van der Waals surface area contributed by atoms with Crippen LogP contribution in [0, 0.1) is 5.92 Å². The van der Waals surface area contributed by atoms with Crippen molar-refractivity contribution in [3.63, 3.8) is 0 Å². The molecule has 1 aliphatic carbocycles. The average Bonchev–Trinajstić information content (AvgIpc) is 2.67. The molecule has 0 saturated heterocycles. The third-order valence-electron chi connectivity index (χ3n) is 4.95. The summed E-state index contributed by atoms with van der Waals surface area (Å²) in [7, 11) is 3.41. The highest BCUT2D eigenvalue weighted by Crippen LogP contribution is 2.27. The summed E-state index contributed by atoms with van der Waals surface area (Å²) in [5.41, 5.74) is 3.04. The predicted octanol–water partition coefficient (Wildman–Crippen LogP) is 3.30. The average molecular weight is 380 g/mol. The first kappa shape index (κ1) is 19.7. The van der Waals surface area contributed by atoms with Crippen molar-refractivity contribution in [3.8, 4) is 5.75 Å². The van der Waals surface area contributed by atoms with Crippen LogP contribution in [-0.2, 0) is 17.9 Å². The highest BCUT2D eigenvalue weighted by Gasteiger charge is 2.25. The number of benzene rings is 2. The molecule has 0 aromatic heterocycles. The van der Waals surface area contributed by atoms with Gasteiger partial charge in [0.25, 0.3) is 0 Å². The van der Waals surface area contributed by atoms with Crippen molar-refractivity contribution < 1.29 is 9.53 Å². The van der Waals surface area contributed by atoms with Gasteiger partial charge in [-0.25, -0.2) is 0 Å². The highest BCUT2D eigenvalue weighted by atomic mass is 16.5. The van der Waals surface area contributed by atoms with Crippen molar-refractivity contribution in [2.75, 3.05) is 19.5 Å². The fraction of sp³-hybridized carbons (Fsp3) is 0.364. The van der Waals surface area contributed by atoms with Crippen LogP contribution >= 0.6 is 0 Å². The van der Waals surface area contributed by atoms with Crippen molar-refractivity contribution >= 4 is 17.6 Å². The SMILES string of the molecule is CN=C(NCc1cccc(NC(=O)C2CCC2)c1)NCc1cccc(OC)c1. The third kappa shape index (κ3) is 5.49. The largest absolute Gasteiger partial charge is 0.497 e. The predicted molar refractivity (Wildman–Crippen MR) is 112 cm³/mol. The van der Waals surface area contributed by atoms with E-state index in [-0.39, 0.29) is 11.8 Å². The minimum absolute atomic E-state index is 0.132. The van der Waals surface area contributed by atoms with Crippen LogP contribution in [0.5, 0.6) is 5.75 Å². The van der Waals surface area contributed by atoms with Gasteiger partial charge in [-0.1, -0.05) is 30.7 Å². The lowest BCUT2D eigenvalue weighted by Gasteiger charge is -2.24. The summed E-state index contributed by atoms with van der Waals surface area (Å²) in [5, 5.41) is 9.62. The van der Waals surface area contributed by atoms with Crippen molar-refractivity contribution in [1.29, 1.82) is 0 Å². The van der Waals surface area contributed by atoms with E-state index in [4.69, 9.17) is 4.74 Å². The molecule has 0 unspecified atom stereocenters. The molecule has 0 aliphatic heterocycles. The molecule has 6 nitrogen and oxygen atoms in total. The molecule has 6 heteroatoms. The first-order valence-corrected chi connectivity index (χ1v) is 9.65. The first-order chi connectivity index (χ1) is 13.7. The van der Waals surface area contributed by atoms with Crippen molar-refractivity contribution in [2.24, 2.45) is 10.9 Å². The molecule has 0 spiro atoms. The number of carbonyl (C=O) groups excluding carboxylic acids is 1. The second-order valence-electron chi connectivity index (χ2n) is 6.95. The Kier molecular flexibility index (Phi) is 6.89. The molecule has 0 atom stereocenters. The van der Waals surface area contributed by atoms with E-state index < -0.39 is 0 Å². The molecule has 2 aromatic carbocycles. The first-order valence-electron chi connectivity index (χ1n) is 9.65. The Labute approximate surface area is 166 Å². The fourth-order valence-electron chi connectivity index (χ4n) is 3.05. The molecule has 3 N–H and O–H groups in total. The van der Waals surface area contributed by atoms with Crippen molar-refractivity contribution in [1.82, 2.24) is 10.6 Å². The van der Waals surface area contributed by atoms with Crippen molar-refractivity contribution in [3.05, 3.63) is 59.7 Å².